The number of nitrogens with two attached hydrogens (primary N) is 1. The molecule has 0 radical (unpaired) electrons. The van der Waals surface area contributed by atoms with Gasteiger partial charge >= 0.3 is 0 Å². The molecule has 3 N–H and O–H groups in total. The highest BCUT2D eigenvalue weighted by Crippen LogP contribution is 2.30. The first kappa shape index (κ1) is 12.3. The third-order valence-electron chi connectivity index (χ3n) is 3.51. The summed E-state index contributed by atoms with van der Waals surface area (Å²) >= 11 is 0. The predicted molar refractivity (Wildman–Crippen MR) is 62.1 cm³/mol. The van der Waals surface area contributed by atoms with E-state index in [1.54, 1.807) is 0 Å². The van der Waals surface area contributed by atoms with Crippen molar-refractivity contribution in [2.45, 2.75) is 39.5 Å². The van der Waals surface area contributed by atoms with Crippen LogP contribution in [0.15, 0.2) is 5.16 Å². The summed E-state index contributed by atoms with van der Waals surface area (Å²) in [6, 6.07) is 0. The predicted octanol–water partition coefficient (Wildman–Crippen LogP) is 1.63. The van der Waals surface area contributed by atoms with E-state index in [9.17, 15) is 0 Å². The van der Waals surface area contributed by atoms with Gasteiger partial charge in [-0.2, -0.15) is 0 Å². The molecule has 1 fully saturated rings. The summed E-state index contributed by atoms with van der Waals surface area (Å²) in [5.74, 6) is 0.387. The second-order valence-electron chi connectivity index (χ2n) is 4.74. The van der Waals surface area contributed by atoms with Crippen molar-refractivity contribution in [3.05, 3.63) is 0 Å². The van der Waals surface area contributed by atoms with E-state index in [1.165, 1.54) is 19.4 Å². The summed E-state index contributed by atoms with van der Waals surface area (Å²) in [6.45, 7) is 7.60. The summed E-state index contributed by atoms with van der Waals surface area (Å²) < 4.78 is 0. The molecular weight excluding hydrogens is 190 g/mol. The van der Waals surface area contributed by atoms with Crippen LogP contribution in [0.2, 0.25) is 0 Å². The van der Waals surface area contributed by atoms with Crippen LogP contribution in [-0.4, -0.2) is 35.6 Å². The third-order valence-corrected chi connectivity index (χ3v) is 3.51. The van der Waals surface area contributed by atoms with Gasteiger partial charge in [-0.05, 0) is 38.9 Å². The van der Waals surface area contributed by atoms with Gasteiger partial charge in [-0.3, -0.25) is 0 Å². The molecule has 1 rings (SSSR count). The Morgan fingerprint density at radius 2 is 2.07 bits per heavy atom. The lowest BCUT2D eigenvalue weighted by Crippen LogP contribution is -2.45. The van der Waals surface area contributed by atoms with E-state index in [-0.39, 0.29) is 5.41 Å². The minimum absolute atomic E-state index is 0.0997. The first-order valence-electron chi connectivity index (χ1n) is 5.83. The van der Waals surface area contributed by atoms with E-state index >= 15 is 0 Å². The summed E-state index contributed by atoms with van der Waals surface area (Å²) in [4.78, 5) is 2.47. The van der Waals surface area contributed by atoms with Crippen molar-refractivity contribution in [3.8, 4) is 0 Å². The first-order valence-corrected chi connectivity index (χ1v) is 5.83. The molecule has 0 bridgehead atoms. The molecule has 0 aromatic rings. The van der Waals surface area contributed by atoms with Gasteiger partial charge in [0.1, 0.15) is 5.84 Å². The SMILES string of the molecule is CCCCN1CCC(C)(C(N)=NO)CC1. The lowest BCUT2D eigenvalue weighted by molar-refractivity contribution is 0.157. The van der Waals surface area contributed by atoms with Crippen molar-refractivity contribution in [1.29, 1.82) is 0 Å². The van der Waals surface area contributed by atoms with Crippen molar-refractivity contribution < 1.29 is 5.21 Å². The van der Waals surface area contributed by atoms with E-state index < -0.39 is 0 Å². The topological polar surface area (TPSA) is 61.8 Å². The largest absolute Gasteiger partial charge is 0.409 e. The smallest absolute Gasteiger partial charge is 0.145 e. The molecule has 0 amide bonds. The number of hydrogen-bond acceptors (Lipinski definition) is 3. The van der Waals surface area contributed by atoms with Gasteiger partial charge in [0, 0.05) is 5.41 Å². The zero-order chi connectivity index (χ0) is 11.3. The van der Waals surface area contributed by atoms with Gasteiger partial charge in [-0.1, -0.05) is 25.4 Å². The Labute approximate surface area is 92.1 Å². The molecular formula is C11H23N3O. The molecule has 0 atom stereocenters. The van der Waals surface area contributed by atoms with E-state index in [0.717, 1.165) is 25.9 Å². The highest BCUT2D eigenvalue weighted by Gasteiger charge is 2.33. The maximum Gasteiger partial charge on any atom is 0.145 e. The van der Waals surface area contributed by atoms with Crippen LogP contribution in [0.4, 0.5) is 0 Å². The Morgan fingerprint density at radius 1 is 1.47 bits per heavy atom. The van der Waals surface area contributed by atoms with Crippen LogP contribution in [0.25, 0.3) is 0 Å². The number of hydrogen-bond donors (Lipinski definition) is 2. The van der Waals surface area contributed by atoms with Gasteiger partial charge < -0.3 is 15.8 Å². The Kier molecular flexibility index (Phi) is 4.39. The number of unbranched alkanes of at least 4 members (excludes halogenated alkanes) is 1. The molecule has 88 valence electrons. The first-order chi connectivity index (χ1) is 7.12. The van der Waals surface area contributed by atoms with Crippen molar-refractivity contribution in [2.24, 2.45) is 16.3 Å². The van der Waals surface area contributed by atoms with Crippen molar-refractivity contribution in [1.82, 2.24) is 4.90 Å². The molecule has 1 saturated heterocycles. The molecule has 0 saturated carbocycles. The molecule has 1 heterocycles. The van der Waals surface area contributed by atoms with E-state index in [2.05, 4.69) is 23.9 Å². The molecule has 15 heavy (non-hydrogen) atoms. The minimum atomic E-state index is -0.0997. The minimum Gasteiger partial charge on any atom is -0.409 e. The summed E-state index contributed by atoms with van der Waals surface area (Å²) in [5, 5.41) is 11.9. The fourth-order valence-electron chi connectivity index (χ4n) is 2.03. The zero-order valence-corrected chi connectivity index (χ0v) is 9.87. The van der Waals surface area contributed by atoms with Crippen LogP contribution in [0, 0.1) is 5.41 Å². The van der Waals surface area contributed by atoms with E-state index in [0.29, 0.717) is 5.84 Å². The summed E-state index contributed by atoms with van der Waals surface area (Å²) in [5.41, 5.74) is 5.61. The molecule has 0 aliphatic carbocycles. The van der Waals surface area contributed by atoms with Crippen LogP contribution in [-0.2, 0) is 0 Å². The quantitative estimate of drug-likeness (QED) is 0.323. The van der Waals surface area contributed by atoms with Crippen LogP contribution in [0.5, 0.6) is 0 Å². The van der Waals surface area contributed by atoms with Crippen LogP contribution >= 0.6 is 0 Å². The normalized spacial score (nSPS) is 22.9. The Morgan fingerprint density at radius 3 is 2.53 bits per heavy atom. The highest BCUT2D eigenvalue weighted by atomic mass is 16.4. The van der Waals surface area contributed by atoms with Gasteiger partial charge in [-0.25, -0.2) is 0 Å². The molecule has 1 aliphatic heterocycles. The molecule has 0 spiro atoms. The number of nitrogens with zero attached hydrogens (tertiary/aromatic N) is 2. The van der Waals surface area contributed by atoms with Crippen molar-refractivity contribution in [2.75, 3.05) is 19.6 Å². The molecule has 4 nitrogen and oxygen atoms in total. The van der Waals surface area contributed by atoms with Gasteiger partial charge in [0.05, 0.1) is 0 Å². The zero-order valence-electron chi connectivity index (χ0n) is 9.87. The molecule has 0 unspecified atom stereocenters. The number of oxime groups is 1. The molecule has 0 aromatic heterocycles. The second-order valence-corrected chi connectivity index (χ2v) is 4.74. The lowest BCUT2D eigenvalue weighted by Gasteiger charge is -2.38. The third kappa shape index (κ3) is 3.09. The average Bonchev–Trinajstić information content (AvgIpc) is 2.27. The number of likely N-dealkylation sites (tertiary alicyclic amines) is 1. The standard InChI is InChI=1S/C11H23N3O/c1-3-4-7-14-8-5-11(2,6-9-14)10(12)13-15/h15H,3-9H2,1-2H3,(H2,12,13). The average molecular weight is 213 g/mol. The second kappa shape index (κ2) is 5.35. The van der Waals surface area contributed by atoms with Crippen molar-refractivity contribution >= 4 is 5.84 Å². The molecule has 4 heteroatoms. The summed E-state index contributed by atoms with van der Waals surface area (Å²) in [7, 11) is 0. The van der Waals surface area contributed by atoms with Gasteiger partial charge in [0.25, 0.3) is 0 Å². The fraction of sp³-hybridized carbons (Fsp3) is 0.909. The monoisotopic (exact) mass is 213 g/mol. The van der Waals surface area contributed by atoms with E-state index in [4.69, 9.17) is 10.9 Å². The Bertz CT molecular complexity index is 220. The van der Waals surface area contributed by atoms with Crippen LogP contribution in [0.3, 0.4) is 0 Å². The summed E-state index contributed by atoms with van der Waals surface area (Å²) in [6.07, 6.45) is 4.49. The van der Waals surface area contributed by atoms with Crippen molar-refractivity contribution in [3.63, 3.8) is 0 Å². The molecule has 0 aromatic carbocycles. The maximum atomic E-state index is 8.71. The van der Waals surface area contributed by atoms with E-state index in [1.807, 2.05) is 0 Å². The fourth-order valence-corrected chi connectivity index (χ4v) is 2.03. The number of rotatable bonds is 4. The highest BCUT2D eigenvalue weighted by molar-refractivity contribution is 5.85. The lowest BCUT2D eigenvalue weighted by atomic mass is 9.79. The maximum absolute atomic E-state index is 8.71. The number of amidine groups is 1. The van der Waals surface area contributed by atoms with Crippen LogP contribution in [0.1, 0.15) is 39.5 Å². The molecule has 1 aliphatic rings. The number of piperidine rings is 1. The van der Waals surface area contributed by atoms with Gasteiger partial charge in [-0.15, -0.1) is 0 Å². The Hall–Kier alpha value is -0.770. The Balaban J connectivity index is 2.41. The van der Waals surface area contributed by atoms with Crippen LogP contribution < -0.4 is 5.73 Å². The van der Waals surface area contributed by atoms with Gasteiger partial charge in [0.15, 0.2) is 0 Å². The van der Waals surface area contributed by atoms with Gasteiger partial charge in [0.2, 0.25) is 0 Å².